The Morgan fingerprint density at radius 3 is 2.56 bits per heavy atom. The van der Waals surface area contributed by atoms with Crippen LogP contribution in [0, 0.1) is 0 Å². The molecule has 0 aliphatic rings. The highest BCUT2D eigenvalue weighted by Gasteiger charge is 2.14. The van der Waals surface area contributed by atoms with E-state index < -0.39 is 5.97 Å². The molecule has 2 heterocycles. The lowest BCUT2D eigenvalue weighted by molar-refractivity contribution is -0.137. The molecule has 3 rings (SSSR count). The van der Waals surface area contributed by atoms with Gasteiger partial charge < -0.3 is 20.1 Å². The van der Waals surface area contributed by atoms with Gasteiger partial charge in [0.1, 0.15) is 10.6 Å². The number of hydrogen-bond acceptors (Lipinski definition) is 4. The normalized spacial score (nSPS) is 10.7. The molecule has 0 bridgehead atoms. The van der Waals surface area contributed by atoms with Crippen molar-refractivity contribution in [3.05, 3.63) is 59.9 Å². The number of nitrogens with zero attached hydrogens (tertiary/aromatic N) is 3. The summed E-state index contributed by atoms with van der Waals surface area (Å²) >= 11 is 4.96. The molecule has 0 aliphatic heterocycles. The zero-order chi connectivity index (χ0) is 19.6. The average Bonchev–Trinajstić information content (AvgIpc) is 3.08. The Labute approximate surface area is 161 Å². The molecule has 0 saturated heterocycles. The number of aromatic nitrogens is 2. The molecule has 7 nitrogen and oxygen atoms in total. The highest BCUT2D eigenvalue weighted by molar-refractivity contribution is 7.80. The third kappa shape index (κ3) is 4.12. The minimum atomic E-state index is -0.940. The van der Waals surface area contributed by atoms with Crippen molar-refractivity contribution in [2.45, 2.75) is 6.42 Å². The van der Waals surface area contributed by atoms with E-state index in [9.17, 15) is 9.59 Å². The second-order valence-corrected chi connectivity index (χ2v) is 6.56. The number of carbonyl (C=O) groups excluding carboxylic acids is 1. The maximum absolute atomic E-state index is 12.5. The van der Waals surface area contributed by atoms with Crippen LogP contribution in [0.15, 0.2) is 48.8 Å². The van der Waals surface area contributed by atoms with Crippen molar-refractivity contribution in [1.29, 1.82) is 0 Å². The minimum absolute atomic E-state index is 0.0970. The van der Waals surface area contributed by atoms with Crippen LogP contribution in [0.5, 0.6) is 0 Å². The van der Waals surface area contributed by atoms with E-state index in [-0.39, 0.29) is 18.9 Å². The van der Waals surface area contributed by atoms with Crippen molar-refractivity contribution in [2.24, 2.45) is 5.73 Å². The van der Waals surface area contributed by atoms with Crippen LogP contribution in [-0.4, -0.2) is 49.8 Å². The summed E-state index contributed by atoms with van der Waals surface area (Å²) in [5.41, 5.74) is 9.15. The number of carboxylic acids is 1. The number of hydrogen-bond donors (Lipinski definition) is 2. The van der Waals surface area contributed by atoms with Crippen molar-refractivity contribution in [3.8, 4) is 11.3 Å². The largest absolute Gasteiger partial charge is 0.481 e. The van der Waals surface area contributed by atoms with E-state index in [1.807, 2.05) is 34.9 Å². The standard InChI is InChI=1S/C19H18N4O3S/c1-22(8-7-17(24)25)19(26)14-6-9-23-11-15(21-16(23)10-14)12-2-4-13(5-3-12)18(20)27/h2-6,9-11H,7-8H2,1H3,(H2,20,27)(H,24,25). The molecule has 0 saturated carbocycles. The SMILES string of the molecule is CN(CCC(=O)O)C(=O)c1ccn2cc(-c3ccc(C(N)=S)cc3)nc2c1. The number of rotatable bonds is 6. The molecule has 0 unspecified atom stereocenters. The molecular weight excluding hydrogens is 364 g/mol. The highest BCUT2D eigenvalue weighted by Crippen LogP contribution is 2.20. The van der Waals surface area contributed by atoms with Gasteiger partial charge in [0.25, 0.3) is 5.91 Å². The molecule has 138 valence electrons. The molecule has 1 aromatic carbocycles. The smallest absolute Gasteiger partial charge is 0.305 e. The minimum Gasteiger partial charge on any atom is -0.481 e. The molecule has 0 atom stereocenters. The van der Waals surface area contributed by atoms with Gasteiger partial charge in [-0.2, -0.15) is 0 Å². The Morgan fingerprint density at radius 1 is 1.22 bits per heavy atom. The Morgan fingerprint density at radius 2 is 1.93 bits per heavy atom. The summed E-state index contributed by atoms with van der Waals surface area (Å²) < 4.78 is 1.82. The van der Waals surface area contributed by atoms with Crippen molar-refractivity contribution in [1.82, 2.24) is 14.3 Å². The van der Waals surface area contributed by atoms with Gasteiger partial charge in [-0.25, -0.2) is 4.98 Å². The fraction of sp³-hybridized carbons (Fsp3) is 0.158. The number of fused-ring (bicyclic) bond motifs is 1. The lowest BCUT2D eigenvalue weighted by Gasteiger charge is -2.15. The van der Waals surface area contributed by atoms with Gasteiger partial charge in [0.15, 0.2) is 0 Å². The second kappa shape index (κ2) is 7.55. The van der Waals surface area contributed by atoms with Crippen LogP contribution in [0.25, 0.3) is 16.9 Å². The Kier molecular flexibility index (Phi) is 5.18. The molecule has 27 heavy (non-hydrogen) atoms. The van der Waals surface area contributed by atoms with Gasteiger partial charge in [0.2, 0.25) is 0 Å². The fourth-order valence-electron chi connectivity index (χ4n) is 2.64. The number of carboxylic acid groups (broad SMARTS) is 1. The molecule has 3 aromatic rings. The zero-order valence-electron chi connectivity index (χ0n) is 14.6. The second-order valence-electron chi connectivity index (χ2n) is 6.12. The summed E-state index contributed by atoms with van der Waals surface area (Å²) in [7, 11) is 1.58. The average molecular weight is 382 g/mol. The van der Waals surface area contributed by atoms with Crippen LogP contribution in [0.4, 0.5) is 0 Å². The number of imidazole rings is 1. The zero-order valence-corrected chi connectivity index (χ0v) is 15.4. The maximum atomic E-state index is 12.5. The van der Waals surface area contributed by atoms with Crippen LogP contribution >= 0.6 is 12.2 Å². The first-order chi connectivity index (χ1) is 12.8. The molecule has 0 radical (unpaired) electrons. The van der Waals surface area contributed by atoms with E-state index in [0.717, 1.165) is 16.8 Å². The van der Waals surface area contributed by atoms with E-state index in [1.165, 1.54) is 4.90 Å². The molecule has 0 fully saturated rings. The maximum Gasteiger partial charge on any atom is 0.305 e. The lowest BCUT2D eigenvalue weighted by atomic mass is 10.1. The van der Waals surface area contributed by atoms with Crippen LogP contribution < -0.4 is 5.73 Å². The first-order valence-corrected chi connectivity index (χ1v) is 8.62. The van der Waals surface area contributed by atoms with Gasteiger partial charge in [0, 0.05) is 42.7 Å². The van der Waals surface area contributed by atoms with Gasteiger partial charge >= 0.3 is 5.97 Å². The quantitative estimate of drug-likeness (QED) is 0.634. The number of thiocarbonyl (C=S) groups is 1. The fourth-order valence-corrected chi connectivity index (χ4v) is 2.78. The number of benzene rings is 1. The Hall–Kier alpha value is -3.26. The van der Waals surface area contributed by atoms with Gasteiger partial charge in [-0.15, -0.1) is 0 Å². The first-order valence-electron chi connectivity index (χ1n) is 8.21. The Bertz CT molecular complexity index is 1030. The van der Waals surface area contributed by atoms with Crippen molar-refractivity contribution >= 4 is 34.7 Å². The molecule has 2 aromatic heterocycles. The van der Waals surface area contributed by atoms with E-state index >= 15 is 0 Å². The summed E-state index contributed by atoms with van der Waals surface area (Å²) in [5, 5.41) is 8.75. The first kappa shape index (κ1) is 18.5. The van der Waals surface area contributed by atoms with E-state index in [1.54, 1.807) is 25.4 Å². The molecule has 1 amide bonds. The topological polar surface area (TPSA) is 101 Å². The van der Waals surface area contributed by atoms with Crippen molar-refractivity contribution in [2.75, 3.05) is 13.6 Å². The summed E-state index contributed by atoms with van der Waals surface area (Å²) in [5.74, 6) is -1.19. The number of aliphatic carboxylic acids is 1. The van der Waals surface area contributed by atoms with Crippen molar-refractivity contribution < 1.29 is 14.7 Å². The number of carbonyl (C=O) groups is 2. The van der Waals surface area contributed by atoms with Gasteiger partial charge in [-0.3, -0.25) is 9.59 Å². The van der Waals surface area contributed by atoms with E-state index in [2.05, 4.69) is 4.98 Å². The number of nitrogens with two attached hydrogens (primary N) is 1. The van der Waals surface area contributed by atoms with Gasteiger partial charge in [0.05, 0.1) is 12.1 Å². The summed E-state index contributed by atoms with van der Waals surface area (Å²) in [4.78, 5) is 29.4. The predicted molar refractivity (Wildman–Crippen MR) is 106 cm³/mol. The molecular formula is C19H18N4O3S. The van der Waals surface area contributed by atoms with Gasteiger partial charge in [-0.05, 0) is 12.1 Å². The van der Waals surface area contributed by atoms with Crippen LogP contribution in [0.2, 0.25) is 0 Å². The summed E-state index contributed by atoms with van der Waals surface area (Å²) in [6.07, 6.45) is 3.53. The van der Waals surface area contributed by atoms with E-state index in [4.69, 9.17) is 23.1 Å². The Balaban J connectivity index is 1.85. The summed E-state index contributed by atoms with van der Waals surface area (Å²) in [6, 6.07) is 10.8. The monoisotopic (exact) mass is 382 g/mol. The van der Waals surface area contributed by atoms with Crippen molar-refractivity contribution in [3.63, 3.8) is 0 Å². The third-order valence-corrected chi connectivity index (χ3v) is 4.42. The molecule has 0 aliphatic carbocycles. The molecule has 3 N–H and O–H groups in total. The van der Waals surface area contributed by atoms with Crippen LogP contribution in [0.3, 0.4) is 0 Å². The molecule has 0 spiro atoms. The predicted octanol–water partition coefficient (Wildman–Crippen LogP) is 2.18. The number of amides is 1. The van der Waals surface area contributed by atoms with Gasteiger partial charge in [-0.1, -0.05) is 36.5 Å². The summed E-state index contributed by atoms with van der Waals surface area (Å²) in [6.45, 7) is 0.147. The third-order valence-electron chi connectivity index (χ3n) is 4.18. The molecule has 8 heteroatoms. The lowest BCUT2D eigenvalue weighted by Crippen LogP contribution is -2.29. The number of pyridine rings is 1. The van der Waals surface area contributed by atoms with E-state index in [0.29, 0.717) is 16.2 Å². The highest BCUT2D eigenvalue weighted by atomic mass is 32.1. The van der Waals surface area contributed by atoms with Crippen LogP contribution in [0.1, 0.15) is 22.3 Å². The van der Waals surface area contributed by atoms with Crippen LogP contribution in [-0.2, 0) is 4.79 Å².